The van der Waals surface area contributed by atoms with Crippen LogP contribution < -0.4 is 9.62 Å². The molecule has 0 aromatic heterocycles. The van der Waals surface area contributed by atoms with E-state index >= 15 is 0 Å². The van der Waals surface area contributed by atoms with Crippen molar-refractivity contribution in [3.05, 3.63) is 100 Å². The third kappa shape index (κ3) is 8.71. The SMILES string of the molecule is CC(C)(C)NC(=O)[C@H](Cc1ccccc1)N(Cc1c(Cl)cccc1Cl)C(=O)CN(c1ccccc1)S(C)(=O)=O. The highest BCUT2D eigenvalue weighted by Gasteiger charge is 2.35. The molecule has 10 heteroatoms. The molecular formula is C29H33Cl2N3O4S. The third-order valence-electron chi connectivity index (χ3n) is 5.88. The van der Waals surface area contributed by atoms with Crippen LogP contribution in [0.15, 0.2) is 78.9 Å². The quantitative estimate of drug-likeness (QED) is 0.347. The average Bonchev–Trinajstić information content (AvgIpc) is 2.85. The van der Waals surface area contributed by atoms with Gasteiger partial charge in [-0.2, -0.15) is 0 Å². The van der Waals surface area contributed by atoms with Gasteiger partial charge in [0.15, 0.2) is 0 Å². The first-order chi connectivity index (χ1) is 18.3. The van der Waals surface area contributed by atoms with Crippen molar-refractivity contribution < 1.29 is 18.0 Å². The number of sulfonamides is 1. The van der Waals surface area contributed by atoms with E-state index < -0.39 is 34.1 Å². The summed E-state index contributed by atoms with van der Waals surface area (Å²) in [5.41, 5.74) is 1.05. The van der Waals surface area contributed by atoms with Crippen LogP contribution in [-0.2, 0) is 32.6 Å². The summed E-state index contributed by atoms with van der Waals surface area (Å²) in [5, 5.41) is 3.64. The first kappa shape index (κ1) is 30.5. The summed E-state index contributed by atoms with van der Waals surface area (Å²) in [5.74, 6) is -0.959. The molecule has 3 aromatic carbocycles. The van der Waals surface area contributed by atoms with E-state index in [1.807, 2.05) is 51.1 Å². The van der Waals surface area contributed by atoms with Gasteiger partial charge in [0.2, 0.25) is 21.8 Å². The van der Waals surface area contributed by atoms with Crippen LogP contribution in [-0.4, -0.2) is 49.5 Å². The third-order valence-corrected chi connectivity index (χ3v) is 7.73. The minimum Gasteiger partial charge on any atom is -0.350 e. The summed E-state index contributed by atoms with van der Waals surface area (Å²) in [7, 11) is -3.84. The first-order valence-corrected chi connectivity index (χ1v) is 15.0. The summed E-state index contributed by atoms with van der Waals surface area (Å²) >= 11 is 12.9. The van der Waals surface area contributed by atoms with Crippen LogP contribution in [0.5, 0.6) is 0 Å². The van der Waals surface area contributed by atoms with Crippen molar-refractivity contribution in [3.8, 4) is 0 Å². The second kappa shape index (κ2) is 12.9. The van der Waals surface area contributed by atoms with Gasteiger partial charge >= 0.3 is 0 Å². The van der Waals surface area contributed by atoms with E-state index in [9.17, 15) is 18.0 Å². The second-order valence-electron chi connectivity index (χ2n) is 10.3. The van der Waals surface area contributed by atoms with Crippen molar-refractivity contribution in [2.75, 3.05) is 17.1 Å². The summed E-state index contributed by atoms with van der Waals surface area (Å²) in [6, 6.07) is 21.7. The number of hydrogen-bond acceptors (Lipinski definition) is 4. The van der Waals surface area contributed by atoms with Gasteiger partial charge in [-0.25, -0.2) is 8.42 Å². The predicted molar refractivity (Wildman–Crippen MR) is 157 cm³/mol. The summed E-state index contributed by atoms with van der Waals surface area (Å²) < 4.78 is 26.6. The van der Waals surface area contributed by atoms with Gasteiger partial charge < -0.3 is 10.2 Å². The summed E-state index contributed by atoms with van der Waals surface area (Å²) in [6.07, 6.45) is 1.23. The Bertz CT molecular complexity index is 1370. The molecule has 0 aliphatic carbocycles. The Morgan fingerprint density at radius 2 is 1.41 bits per heavy atom. The zero-order valence-corrected chi connectivity index (χ0v) is 24.7. The number of hydrogen-bond donors (Lipinski definition) is 1. The van der Waals surface area contributed by atoms with Crippen molar-refractivity contribution in [1.82, 2.24) is 10.2 Å². The van der Waals surface area contributed by atoms with Crippen LogP contribution in [0.1, 0.15) is 31.9 Å². The smallest absolute Gasteiger partial charge is 0.244 e. The van der Waals surface area contributed by atoms with Crippen LogP contribution in [0.25, 0.3) is 0 Å². The largest absolute Gasteiger partial charge is 0.350 e. The fourth-order valence-corrected chi connectivity index (χ4v) is 5.44. The molecule has 0 unspecified atom stereocenters. The Morgan fingerprint density at radius 1 is 0.872 bits per heavy atom. The number of nitrogens with one attached hydrogen (secondary N) is 1. The van der Waals surface area contributed by atoms with Crippen LogP contribution in [0.3, 0.4) is 0 Å². The lowest BCUT2D eigenvalue weighted by Crippen LogP contribution is -2.56. The van der Waals surface area contributed by atoms with E-state index in [0.717, 1.165) is 16.1 Å². The molecule has 0 aliphatic rings. The first-order valence-electron chi connectivity index (χ1n) is 12.4. The monoisotopic (exact) mass is 589 g/mol. The highest BCUT2D eigenvalue weighted by Crippen LogP contribution is 2.28. The maximum absolute atomic E-state index is 14.1. The number of amides is 2. The highest BCUT2D eigenvalue weighted by atomic mass is 35.5. The lowest BCUT2D eigenvalue weighted by atomic mass is 10.0. The molecule has 1 atom stereocenters. The van der Waals surface area contributed by atoms with Gasteiger partial charge in [0.1, 0.15) is 12.6 Å². The van der Waals surface area contributed by atoms with Gasteiger partial charge in [0.25, 0.3) is 0 Å². The van der Waals surface area contributed by atoms with E-state index in [2.05, 4.69) is 5.32 Å². The molecule has 2 amide bonds. The number of rotatable bonds is 10. The second-order valence-corrected chi connectivity index (χ2v) is 13.0. The van der Waals surface area contributed by atoms with Crippen LogP contribution in [0.4, 0.5) is 5.69 Å². The van der Waals surface area contributed by atoms with Gasteiger partial charge in [0, 0.05) is 34.1 Å². The molecule has 0 saturated heterocycles. The van der Waals surface area contributed by atoms with Gasteiger partial charge in [0.05, 0.1) is 11.9 Å². The lowest BCUT2D eigenvalue weighted by molar-refractivity contribution is -0.140. The Balaban J connectivity index is 2.11. The van der Waals surface area contributed by atoms with Crippen LogP contribution in [0, 0.1) is 0 Å². The Kier molecular flexibility index (Phi) is 10.0. The zero-order valence-electron chi connectivity index (χ0n) is 22.4. The lowest BCUT2D eigenvalue weighted by Gasteiger charge is -2.35. The van der Waals surface area contributed by atoms with E-state index in [0.29, 0.717) is 21.3 Å². The molecule has 39 heavy (non-hydrogen) atoms. The Hall–Kier alpha value is -3.07. The number of halogens is 2. The van der Waals surface area contributed by atoms with Gasteiger partial charge in [-0.15, -0.1) is 0 Å². The topological polar surface area (TPSA) is 86.8 Å². The molecule has 1 N–H and O–H groups in total. The Labute approximate surface area is 240 Å². The molecule has 0 aliphatic heterocycles. The van der Waals surface area contributed by atoms with Crippen LogP contribution in [0.2, 0.25) is 10.0 Å². The van der Waals surface area contributed by atoms with Crippen molar-refractivity contribution in [2.45, 2.75) is 45.3 Å². The molecular weight excluding hydrogens is 557 g/mol. The van der Waals surface area contributed by atoms with Crippen LogP contribution >= 0.6 is 23.2 Å². The molecule has 0 fully saturated rings. The molecule has 3 aromatic rings. The number of para-hydroxylation sites is 1. The number of benzene rings is 3. The highest BCUT2D eigenvalue weighted by molar-refractivity contribution is 7.92. The molecule has 0 radical (unpaired) electrons. The van der Waals surface area contributed by atoms with Gasteiger partial charge in [-0.1, -0.05) is 77.8 Å². The standard InChI is InChI=1S/C29H33Cl2N3O4S/c1-29(2,3)32-28(36)26(18-21-12-7-5-8-13-21)33(19-23-24(30)16-11-17-25(23)31)27(35)20-34(39(4,37)38)22-14-9-6-10-15-22/h5-17,26H,18-20H2,1-4H3,(H,32,36)/t26-/m0/s1. The van der Waals surface area contributed by atoms with Gasteiger partial charge in [-0.05, 0) is 50.6 Å². The zero-order chi connectivity index (χ0) is 28.8. The molecule has 0 spiro atoms. The summed E-state index contributed by atoms with van der Waals surface area (Å²) in [6.45, 7) is 4.94. The molecule has 7 nitrogen and oxygen atoms in total. The summed E-state index contributed by atoms with van der Waals surface area (Å²) in [4.78, 5) is 29.1. The minimum absolute atomic E-state index is 0.0984. The number of nitrogens with zero attached hydrogens (tertiary/aromatic N) is 2. The van der Waals surface area contributed by atoms with E-state index in [1.54, 1.807) is 48.5 Å². The molecule has 3 rings (SSSR count). The van der Waals surface area contributed by atoms with Crippen molar-refractivity contribution in [3.63, 3.8) is 0 Å². The number of anilines is 1. The normalized spacial score (nSPS) is 12.5. The van der Waals surface area contributed by atoms with E-state index in [4.69, 9.17) is 23.2 Å². The maximum atomic E-state index is 14.1. The minimum atomic E-state index is -3.84. The van der Waals surface area contributed by atoms with E-state index in [-0.39, 0.29) is 18.9 Å². The fourth-order valence-electron chi connectivity index (χ4n) is 4.07. The Morgan fingerprint density at radius 3 is 1.92 bits per heavy atom. The maximum Gasteiger partial charge on any atom is 0.244 e. The van der Waals surface area contributed by atoms with Crippen molar-refractivity contribution >= 4 is 50.7 Å². The van der Waals surface area contributed by atoms with Gasteiger partial charge in [-0.3, -0.25) is 13.9 Å². The fraction of sp³-hybridized carbons (Fsp3) is 0.310. The predicted octanol–water partition coefficient (Wildman–Crippen LogP) is 5.31. The number of carbonyl (C=O) groups excluding carboxylic acids is 2. The van der Waals surface area contributed by atoms with E-state index in [1.165, 1.54) is 4.90 Å². The molecule has 208 valence electrons. The molecule has 0 bridgehead atoms. The van der Waals surface area contributed by atoms with Crippen molar-refractivity contribution in [2.24, 2.45) is 0 Å². The number of carbonyl (C=O) groups is 2. The molecule has 0 saturated carbocycles. The average molecular weight is 591 g/mol. The van der Waals surface area contributed by atoms with Crippen molar-refractivity contribution in [1.29, 1.82) is 0 Å². The molecule has 0 heterocycles.